The van der Waals surface area contributed by atoms with Gasteiger partial charge in [-0.15, -0.1) is 24.0 Å². The van der Waals surface area contributed by atoms with Gasteiger partial charge in [0, 0.05) is 45.7 Å². The lowest BCUT2D eigenvalue weighted by molar-refractivity contribution is 0.108. The number of nitrogens with zero attached hydrogens (tertiary/aromatic N) is 3. The molecule has 1 aromatic rings. The van der Waals surface area contributed by atoms with E-state index in [9.17, 15) is 0 Å². The molecule has 0 unspecified atom stereocenters. The zero-order valence-corrected chi connectivity index (χ0v) is 15.5. The Morgan fingerprint density at radius 3 is 2.71 bits per heavy atom. The first-order chi connectivity index (χ1) is 9.72. The SMILES string of the molecule is CN=C(NCCCOCC(C)C)NCCn1cccn1.I. The molecular formula is C14H28IN5O. The van der Waals surface area contributed by atoms with E-state index in [4.69, 9.17) is 4.74 Å². The molecule has 0 fully saturated rings. The standard InChI is InChI=1S/C14H27N5O.HI/c1-13(2)12-20-11-5-6-16-14(15-3)17-8-10-19-9-4-7-18-19;/h4,7,9,13H,5-6,8,10-12H2,1-3H3,(H2,15,16,17);1H. The fraction of sp³-hybridized carbons (Fsp3) is 0.714. The van der Waals surface area contributed by atoms with Crippen LogP contribution in [0.2, 0.25) is 0 Å². The molecular weight excluding hydrogens is 381 g/mol. The van der Waals surface area contributed by atoms with Crippen molar-refractivity contribution in [3.8, 4) is 0 Å². The van der Waals surface area contributed by atoms with Crippen molar-refractivity contribution < 1.29 is 4.74 Å². The van der Waals surface area contributed by atoms with Crippen LogP contribution in [0, 0.1) is 5.92 Å². The smallest absolute Gasteiger partial charge is 0.191 e. The number of aromatic nitrogens is 2. The van der Waals surface area contributed by atoms with Gasteiger partial charge in [0.05, 0.1) is 6.54 Å². The second-order valence-electron chi connectivity index (χ2n) is 5.02. The third-order valence-corrected chi connectivity index (χ3v) is 2.63. The molecule has 1 aromatic heterocycles. The largest absolute Gasteiger partial charge is 0.381 e. The Balaban J connectivity index is 0.00000400. The van der Waals surface area contributed by atoms with E-state index in [0.717, 1.165) is 45.2 Å². The zero-order valence-electron chi connectivity index (χ0n) is 13.2. The molecule has 6 nitrogen and oxygen atoms in total. The van der Waals surface area contributed by atoms with Gasteiger partial charge < -0.3 is 15.4 Å². The number of ether oxygens (including phenoxy) is 1. The number of guanidine groups is 1. The fourth-order valence-electron chi connectivity index (χ4n) is 1.64. The topological polar surface area (TPSA) is 63.5 Å². The Morgan fingerprint density at radius 2 is 2.10 bits per heavy atom. The molecule has 1 heterocycles. The monoisotopic (exact) mass is 409 g/mol. The second kappa shape index (κ2) is 12.9. The highest BCUT2D eigenvalue weighted by atomic mass is 127. The van der Waals surface area contributed by atoms with Crippen molar-refractivity contribution in [3.63, 3.8) is 0 Å². The van der Waals surface area contributed by atoms with Gasteiger partial charge in [0.1, 0.15) is 0 Å². The maximum atomic E-state index is 5.53. The minimum absolute atomic E-state index is 0. The molecule has 0 bridgehead atoms. The average molecular weight is 409 g/mol. The molecule has 0 aliphatic rings. The first kappa shape index (κ1) is 20.2. The minimum Gasteiger partial charge on any atom is -0.381 e. The van der Waals surface area contributed by atoms with Gasteiger partial charge in [0.2, 0.25) is 0 Å². The van der Waals surface area contributed by atoms with Crippen molar-refractivity contribution in [1.82, 2.24) is 20.4 Å². The zero-order chi connectivity index (χ0) is 14.6. The number of halogens is 1. The summed E-state index contributed by atoms with van der Waals surface area (Å²) in [6.07, 6.45) is 4.71. The van der Waals surface area contributed by atoms with E-state index in [1.807, 2.05) is 16.9 Å². The van der Waals surface area contributed by atoms with Crippen LogP contribution in [-0.2, 0) is 11.3 Å². The summed E-state index contributed by atoms with van der Waals surface area (Å²) in [7, 11) is 1.78. The Bertz CT molecular complexity index is 367. The molecule has 0 saturated heterocycles. The first-order valence-electron chi connectivity index (χ1n) is 7.22. The highest BCUT2D eigenvalue weighted by Gasteiger charge is 1.98. The Kier molecular flexibility index (Phi) is 12.4. The van der Waals surface area contributed by atoms with Crippen LogP contribution in [0.5, 0.6) is 0 Å². The normalized spacial score (nSPS) is 11.3. The lowest BCUT2D eigenvalue weighted by Gasteiger charge is -2.12. The first-order valence-corrected chi connectivity index (χ1v) is 7.22. The molecule has 1 rings (SSSR count). The lowest BCUT2D eigenvalue weighted by atomic mass is 10.2. The number of aliphatic imine (C=N–C) groups is 1. The summed E-state index contributed by atoms with van der Waals surface area (Å²) in [5, 5.41) is 10.7. The summed E-state index contributed by atoms with van der Waals surface area (Å²) in [5.74, 6) is 1.42. The Morgan fingerprint density at radius 1 is 1.33 bits per heavy atom. The summed E-state index contributed by atoms with van der Waals surface area (Å²) in [5.41, 5.74) is 0. The van der Waals surface area contributed by atoms with Crippen molar-refractivity contribution in [3.05, 3.63) is 18.5 Å². The van der Waals surface area contributed by atoms with Crippen LogP contribution in [0.3, 0.4) is 0 Å². The maximum Gasteiger partial charge on any atom is 0.191 e. The Labute approximate surface area is 144 Å². The van der Waals surface area contributed by atoms with E-state index in [0.29, 0.717) is 5.92 Å². The summed E-state index contributed by atoms with van der Waals surface area (Å²) in [6, 6.07) is 1.92. The van der Waals surface area contributed by atoms with Crippen LogP contribution >= 0.6 is 24.0 Å². The number of rotatable bonds is 9. The predicted molar refractivity (Wildman–Crippen MR) is 97.3 cm³/mol. The molecule has 0 aliphatic heterocycles. The molecule has 0 amide bonds. The van der Waals surface area contributed by atoms with Crippen molar-refractivity contribution in [2.24, 2.45) is 10.9 Å². The van der Waals surface area contributed by atoms with Gasteiger partial charge in [-0.05, 0) is 18.4 Å². The minimum atomic E-state index is 0. The molecule has 2 N–H and O–H groups in total. The molecule has 21 heavy (non-hydrogen) atoms. The summed E-state index contributed by atoms with van der Waals surface area (Å²) in [4.78, 5) is 4.18. The third kappa shape index (κ3) is 10.5. The molecule has 0 saturated carbocycles. The van der Waals surface area contributed by atoms with Crippen LogP contribution < -0.4 is 10.6 Å². The van der Waals surface area contributed by atoms with Gasteiger partial charge in [-0.2, -0.15) is 5.10 Å². The van der Waals surface area contributed by atoms with Gasteiger partial charge in [-0.25, -0.2) is 0 Å². The van der Waals surface area contributed by atoms with Crippen molar-refractivity contribution in [2.75, 3.05) is 33.4 Å². The van der Waals surface area contributed by atoms with E-state index in [1.54, 1.807) is 13.2 Å². The molecule has 0 atom stereocenters. The van der Waals surface area contributed by atoms with E-state index in [-0.39, 0.29) is 24.0 Å². The van der Waals surface area contributed by atoms with Crippen molar-refractivity contribution in [1.29, 1.82) is 0 Å². The predicted octanol–water partition coefficient (Wildman–Crippen LogP) is 1.73. The van der Waals surface area contributed by atoms with Gasteiger partial charge in [-0.1, -0.05) is 13.8 Å². The maximum absolute atomic E-state index is 5.53. The molecule has 0 spiro atoms. The molecule has 122 valence electrons. The molecule has 0 aromatic carbocycles. The van der Waals surface area contributed by atoms with Crippen LogP contribution in [0.4, 0.5) is 0 Å². The molecule has 7 heteroatoms. The van der Waals surface area contributed by atoms with Crippen molar-refractivity contribution >= 4 is 29.9 Å². The van der Waals surface area contributed by atoms with Gasteiger partial charge in [-0.3, -0.25) is 9.67 Å². The van der Waals surface area contributed by atoms with E-state index < -0.39 is 0 Å². The van der Waals surface area contributed by atoms with Crippen LogP contribution in [0.15, 0.2) is 23.5 Å². The quantitative estimate of drug-likeness (QED) is 0.282. The summed E-state index contributed by atoms with van der Waals surface area (Å²) < 4.78 is 7.42. The Hall–Kier alpha value is -0.830. The average Bonchev–Trinajstić information content (AvgIpc) is 2.93. The van der Waals surface area contributed by atoms with Crippen LogP contribution in [0.25, 0.3) is 0 Å². The number of hydrogen-bond donors (Lipinski definition) is 2. The molecule has 0 aliphatic carbocycles. The van der Waals surface area contributed by atoms with E-state index in [1.165, 1.54) is 0 Å². The van der Waals surface area contributed by atoms with Crippen molar-refractivity contribution in [2.45, 2.75) is 26.8 Å². The van der Waals surface area contributed by atoms with Gasteiger partial charge in [0.15, 0.2) is 5.96 Å². The number of hydrogen-bond acceptors (Lipinski definition) is 3. The lowest BCUT2D eigenvalue weighted by Crippen LogP contribution is -2.39. The summed E-state index contributed by atoms with van der Waals surface area (Å²) >= 11 is 0. The van der Waals surface area contributed by atoms with E-state index >= 15 is 0 Å². The van der Waals surface area contributed by atoms with Crippen LogP contribution in [-0.4, -0.2) is 49.1 Å². The molecule has 0 radical (unpaired) electrons. The van der Waals surface area contributed by atoms with Crippen LogP contribution in [0.1, 0.15) is 20.3 Å². The highest BCUT2D eigenvalue weighted by molar-refractivity contribution is 14.0. The van der Waals surface area contributed by atoms with Gasteiger partial charge in [0.25, 0.3) is 0 Å². The van der Waals surface area contributed by atoms with Gasteiger partial charge >= 0.3 is 0 Å². The third-order valence-electron chi connectivity index (χ3n) is 2.63. The second-order valence-corrected chi connectivity index (χ2v) is 5.02. The number of nitrogens with one attached hydrogen (secondary N) is 2. The fourth-order valence-corrected chi connectivity index (χ4v) is 1.64. The summed E-state index contributed by atoms with van der Waals surface area (Å²) in [6.45, 7) is 8.41. The van der Waals surface area contributed by atoms with E-state index in [2.05, 4.69) is 34.6 Å². The highest BCUT2D eigenvalue weighted by Crippen LogP contribution is 1.92.